The standard InChI is InChI=1S/C94H96N4/c1-91(2,3)69-37-49-75(50-38-69)95(76-51-39-70(40-52-76)92(4,5)6)73-45-33-67(34-46-73)89-81-59-57-80(98-87-27-19-15-23-65(87)31-32-66-24-16-20-28-88(66)98)62-84(81)90(82-60-58-79(61-83(82)89)97-85-25-17-13-21-63(85)29-30-64-22-14-18-26-86(64)97)68-35-47-74(48-36-68)96(77-53-41-71(42-54-77)93(7,8)9)78-55-43-72(44-56-78)94(10,11)12/h13,15,17-18,20-21,23,25-26,28,33-62H,14,16,19,22,24,27,29-32H2,1-12H3. The Bertz CT molecular complexity index is 4770. The van der Waals surface area contributed by atoms with Crippen molar-refractivity contribution in [2.75, 3.05) is 19.6 Å². The van der Waals surface area contributed by atoms with E-state index in [2.05, 4.69) is 345 Å². The second-order valence-corrected chi connectivity index (χ2v) is 32.2. The smallest absolute Gasteiger partial charge is 0.0493 e. The zero-order valence-electron chi connectivity index (χ0n) is 60.0. The molecule has 0 saturated carbocycles. The zero-order chi connectivity index (χ0) is 67.8. The minimum absolute atomic E-state index is 0.0289. The molecule has 0 radical (unpaired) electrons. The topological polar surface area (TPSA) is 13.0 Å². The minimum Gasteiger partial charge on any atom is -0.314 e. The highest BCUT2D eigenvalue weighted by molar-refractivity contribution is 6.22. The van der Waals surface area contributed by atoms with Crippen molar-refractivity contribution >= 4 is 72.7 Å². The Morgan fingerprint density at radius 1 is 0.306 bits per heavy atom. The SMILES string of the molecule is CC(C)(C)c1ccc(N(c2ccc(-c3c4ccc(N5C6=C(CCC=C6)CCc6ccccc65)cc4c(-c4ccc(N(c5ccc(C(C)(C)C)cc5)c5ccc(C(C)(C)C)cc5)cc4)c4ccc(N5C6=C(CCC=C6)CCC6=C5CCC=C6)cc34)cc2)c2ccc(C(C)(C)C)cc2)cc1. The molecule has 0 N–H and O–H groups in total. The number of aryl methyl sites for hydroxylation is 1. The summed E-state index contributed by atoms with van der Waals surface area (Å²) >= 11 is 0. The van der Waals surface area contributed by atoms with E-state index < -0.39 is 0 Å². The molecule has 10 aromatic carbocycles. The summed E-state index contributed by atoms with van der Waals surface area (Å²) in [6, 6.07) is 80.2. The zero-order valence-corrected chi connectivity index (χ0v) is 60.0. The van der Waals surface area contributed by atoms with Gasteiger partial charge in [0.1, 0.15) is 0 Å². The number of allylic oxidation sites excluding steroid dienone is 10. The summed E-state index contributed by atoms with van der Waals surface area (Å²) in [5.74, 6) is 0. The summed E-state index contributed by atoms with van der Waals surface area (Å²) < 4.78 is 0. The molecule has 4 nitrogen and oxygen atoms in total. The van der Waals surface area contributed by atoms with Crippen LogP contribution >= 0.6 is 0 Å². The highest BCUT2D eigenvalue weighted by Crippen LogP contribution is 2.52. The van der Waals surface area contributed by atoms with Crippen LogP contribution in [-0.2, 0) is 28.1 Å². The van der Waals surface area contributed by atoms with Crippen molar-refractivity contribution in [3.8, 4) is 22.3 Å². The molecular formula is C94H96N4. The lowest BCUT2D eigenvalue weighted by atomic mass is 9.85. The number of fused-ring (bicyclic) bond motifs is 3. The number of nitrogens with zero attached hydrogens (tertiary/aromatic N) is 4. The van der Waals surface area contributed by atoms with Gasteiger partial charge in [-0.2, -0.15) is 0 Å². The van der Waals surface area contributed by atoms with Gasteiger partial charge >= 0.3 is 0 Å². The van der Waals surface area contributed by atoms with Gasteiger partial charge in [-0.25, -0.2) is 0 Å². The first-order valence-electron chi connectivity index (χ1n) is 36.2. The normalized spacial score (nSPS) is 15.9. The summed E-state index contributed by atoms with van der Waals surface area (Å²) in [4.78, 5) is 10.1. The van der Waals surface area contributed by atoms with Crippen molar-refractivity contribution in [2.24, 2.45) is 0 Å². The van der Waals surface area contributed by atoms with Gasteiger partial charge < -0.3 is 19.6 Å². The Balaban J connectivity index is 0.982. The van der Waals surface area contributed by atoms with E-state index in [1.165, 1.54) is 117 Å². The molecule has 4 heteroatoms. The van der Waals surface area contributed by atoms with E-state index in [0.29, 0.717) is 0 Å². The third-order valence-corrected chi connectivity index (χ3v) is 21.5. The fourth-order valence-corrected chi connectivity index (χ4v) is 15.9. The van der Waals surface area contributed by atoms with Crippen molar-refractivity contribution in [1.29, 1.82) is 0 Å². The van der Waals surface area contributed by atoms with Gasteiger partial charge in [0, 0.05) is 68.3 Å². The molecule has 0 amide bonds. The second-order valence-electron chi connectivity index (χ2n) is 32.2. The predicted octanol–water partition coefficient (Wildman–Crippen LogP) is 27.0. The molecule has 0 saturated heterocycles. The van der Waals surface area contributed by atoms with Gasteiger partial charge in [-0.15, -0.1) is 0 Å². The maximum Gasteiger partial charge on any atom is 0.0493 e. The Morgan fingerprint density at radius 2 is 0.663 bits per heavy atom. The van der Waals surface area contributed by atoms with Crippen LogP contribution in [0.5, 0.6) is 0 Å². The van der Waals surface area contributed by atoms with Gasteiger partial charge in [0.2, 0.25) is 0 Å². The van der Waals surface area contributed by atoms with Crippen molar-refractivity contribution < 1.29 is 0 Å². The van der Waals surface area contributed by atoms with Crippen LogP contribution in [0.2, 0.25) is 0 Å². The number of para-hydroxylation sites is 1. The summed E-state index contributed by atoms with van der Waals surface area (Å²) in [5.41, 5.74) is 30.7. The van der Waals surface area contributed by atoms with E-state index in [1.54, 1.807) is 5.57 Å². The number of anilines is 9. The third-order valence-electron chi connectivity index (χ3n) is 21.5. The second kappa shape index (κ2) is 25.3. The molecule has 492 valence electrons. The Kier molecular flexibility index (Phi) is 16.6. The highest BCUT2D eigenvalue weighted by atomic mass is 15.2. The first kappa shape index (κ1) is 64.4. The first-order chi connectivity index (χ1) is 47.1. The Morgan fingerprint density at radius 3 is 1.08 bits per heavy atom. The van der Waals surface area contributed by atoms with Crippen LogP contribution in [0.3, 0.4) is 0 Å². The van der Waals surface area contributed by atoms with E-state index in [0.717, 1.165) is 98.3 Å². The van der Waals surface area contributed by atoms with Gasteiger partial charge in [-0.1, -0.05) is 211 Å². The quantitative estimate of drug-likeness (QED) is 0.127. The molecule has 10 aromatic rings. The summed E-state index contributed by atoms with van der Waals surface area (Å²) in [7, 11) is 0. The molecule has 15 rings (SSSR count). The van der Waals surface area contributed by atoms with E-state index in [9.17, 15) is 0 Å². The molecule has 5 aliphatic rings. The van der Waals surface area contributed by atoms with Crippen LogP contribution in [0.15, 0.2) is 277 Å². The molecule has 0 bridgehead atoms. The lowest BCUT2D eigenvalue weighted by Crippen LogP contribution is -2.24. The molecular weight excluding hydrogens is 1190 g/mol. The van der Waals surface area contributed by atoms with Crippen LogP contribution in [0.4, 0.5) is 51.2 Å². The average Bonchev–Trinajstić information content (AvgIpc) is 0.812. The summed E-state index contributed by atoms with van der Waals surface area (Å²) in [5, 5.41) is 4.92. The number of benzene rings is 10. The van der Waals surface area contributed by atoms with Crippen LogP contribution < -0.4 is 19.6 Å². The molecule has 0 fully saturated rings. The largest absolute Gasteiger partial charge is 0.314 e. The van der Waals surface area contributed by atoms with Crippen LogP contribution in [0, 0.1) is 0 Å². The van der Waals surface area contributed by atoms with Crippen LogP contribution in [0.25, 0.3) is 43.8 Å². The van der Waals surface area contributed by atoms with Gasteiger partial charge in [0.25, 0.3) is 0 Å². The fraction of sp³-hybridized carbons (Fsp3) is 0.277. The molecule has 0 aromatic heterocycles. The van der Waals surface area contributed by atoms with E-state index in [-0.39, 0.29) is 21.7 Å². The van der Waals surface area contributed by atoms with Crippen molar-refractivity contribution in [2.45, 2.75) is 169 Å². The van der Waals surface area contributed by atoms with Crippen LogP contribution in [0.1, 0.15) is 169 Å². The predicted molar refractivity (Wildman–Crippen MR) is 421 cm³/mol. The molecule has 0 atom stereocenters. The van der Waals surface area contributed by atoms with Crippen LogP contribution in [-0.4, -0.2) is 0 Å². The van der Waals surface area contributed by atoms with Crippen molar-refractivity contribution in [3.63, 3.8) is 0 Å². The Hall–Kier alpha value is -9.64. The average molecular weight is 1280 g/mol. The maximum atomic E-state index is 2.68. The Labute approximate surface area is 584 Å². The number of hydrogen-bond donors (Lipinski definition) is 0. The van der Waals surface area contributed by atoms with Crippen molar-refractivity contribution in [3.05, 3.63) is 304 Å². The van der Waals surface area contributed by atoms with Gasteiger partial charge in [0.15, 0.2) is 0 Å². The van der Waals surface area contributed by atoms with Gasteiger partial charge in [-0.3, -0.25) is 0 Å². The molecule has 2 aliphatic heterocycles. The molecule has 0 spiro atoms. The lowest BCUT2D eigenvalue weighted by molar-refractivity contribution is 0.590. The first-order valence-corrected chi connectivity index (χ1v) is 36.2. The maximum absolute atomic E-state index is 2.68. The molecule has 2 heterocycles. The van der Waals surface area contributed by atoms with Gasteiger partial charge in [-0.05, 0) is 289 Å². The molecule has 0 unspecified atom stereocenters. The summed E-state index contributed by atoms with van der Waals surface area (Å²) in [6.07, 6.45) is 25.1. The van der Waals surface area contributed by atoms with E-state index >= 15 is 0 Å². The number of hydrogen-bond acceptors (Lipinski definition) is 4. The minimum atomic E-state index is 0.0289. The summed E-state index contributed by atoms with van der Waals surface area (Å²) in [6.45, 7) is 27.6. The highest BCUT2D eigenvalue weighted by Gasteiger charge is 2.31. The molecule has 98 heavy (non-hydrogen) atoms. The number of rotatable bonds is 10. The fourth-order valence-electron chi connectivity index (χ4n) is 15.9. The third kappa shape index (κ3) is 12.3. The van der Waals surface area contributed by atoms with E-state index in [4.69, 9.17) is 0 Å². The van der Waals surface area contributed by atoms with Crippen molar-refractivity contribution in [1.82, 2.24) is 0 Å². The lowest BCUT2D eigenvalue weighted by Gasteiger charge is -2.33. The molecule has 3 aliphatic carbocycles. The monoisotopic (exact) mass is 1280 g/mol. The van der Waals surface area contributed by atoms with Gasteiger partial charge in [0.05, 0.1) is 0 Å². The van der Waals surface area contributed by atoms with E-state index in [1.807, 2.05) is 0 Å².